The highest BCUT2D eigenvalue weighted by molar-refractivity contribution is 6.65. The van der Waals surface area contributed by atoms with Gasteiger partial charge in [0.1, 0.15) is 0 Å². The van der Waals surface area contributed by atoms with Crippen molar-refractivity contribution in [3.05, 3.63) is 40.8 Å². The summed E-state index contributed by atoms with van der Waals surface area (Å²) in [6.45, 7) is 8.10. The summed E-state index contributed by atoms with van der Waals surface area (Å²) >= 11 is 0. The molecule has 3 rings (SSSR count). The van der Waals surface area contributed by atoms with E-state index in [2.05, 4.69) is 0 Å². The fraction of sp³-hybridized carbons (Fsp3) is 0.438. The Hall–Kier alpha value is -1.59. The molecule has 1 aromatic heterocycles. The summed E-state index contributed by atoms with van der Waals surface area (Å²) < 4.78 is 13.8. The third kappa shape index (κ3) is 2.12. The zero-order chi connectivity index (χ0) is 15.4. The highest BCUT2D eigenvalue weighted by atomic mass is 16.7. The number of rotatable bonds is 1. The van der Waals surface area contributed by atoms with Crippen LogP contribution in [-0.2, 0) is 16.4 Å². The third-order valence-electron chi connectivity index (χ3n) is 4.66. The van der Waals surface area contributed by atoms with Gasteiger partial charge in [0.15, 0.2) is 0 Å². The molecular weight excluding hydrogens is 265 g/mol. The van der Waals surface area contributed by atoms with Crippen LogP contribution in [0, 0.1) is 0 Å². The summed E-state index contributed by atoms with van der Waals surface area (Å²) in [4.78, 5) is 12.2. The van der Waals surface area contributed by atoms with E-state index in [4.69, 9.17) is 9.31 Å². The first kappa shape index (κ1) is 14.4. The standard InChI is InChI=1S/C16H20BNO3/c1-15(2)16(3,4)21-17(20-15)13-8-6-7-12-11(13)9-10-18(5)14(12)19/h6-10H,1-5H3. The predicted molar refractivity (Wildman–Crippen MR) is 84.9 cm³/mol. The van der Waals surface area contributed by atoms with Gasteiger partial charge in [0.25, 0.3) is 5.56 Å². The van der Waals surface area contributed by atoms with Crippen LogP contribution in [0.5, 0.6) is 0 Å². The lowest BCUT2D eigenvalue weighted by atomic mass is 9.76. The Morgan fingerprint density at radius 3 is 2.24 bits per heavy atom. The summed E-state index contributed by atoms with van der Waals surface area (Å²) in [5.41, 5.74) is 0.119. The summed E-state index contributed by atoms with van der Waals surface area (Å²) in [5, 5.41) is 1.58. The lowest BCUT2D eigenvalue weighted by molar-refractivity contribution is 0.00578. The van der Waals surface area contributed by atoms with Gasteiger partial charge >= 0.3 is 7.12 Å². The maximum atomic E-state index is 12.2. The fourth-order valence-electron chi connectivity index (χ4n) is 2.58. The zero-order valence-electron chi connectivity index (χ0n) is 13.1. The number of benzene rings is 1. The second-order valence-electron chi connectivity index (χ2n) is 6.63. The molecule has 0 N–H and O–H groups in total. The molecule has 1 saturated heterocycles. The van der Waals surface area contributed by atoms with Crippen LogP contribution in [0.15, 0.2) is 35.3 Å². The molecule has 2 aromatic rings. The lowest BCUT2D eigenvalue weighted by Crippen LogP contribution is -2.41. The predicted octanol–water partition coefficient (Wildman–Crippen LogP) is 1.84. The highest BCUT2D eigenvalue weighted by Gasteiger charge is 2.52. The second-order valence-corrected chi connectivity index (χ2v) is 6.63. The van der Waals surface area contributed by atoms with Crippen molar-refractivity contribution in [3.8, 4) is 0 Å². The van der Waals surface area contributed by atoms with E-state index in [0.29, 0.717) is 5.39 Å². The van der Waals surface area contributed by atoms with E-state index >= 15 is 0 Å². The number of hydrogen-bond acceptors (Lipinski definition) is 3. The Bertz CT molecular complexity index is 748. The molecule has 1 fully saturated rings. The Labute approximate surface area is 124 Å². The molecule has 0 bridgehead atoms. The molecule has 21 heavy (non-hydrogen) atoms. The molecule has 0 saturated carbocycles. The van der Waals surface area contributed by atoms with Gasteiger partial charge in [-0.15, -0.1) is 0 Å². The van der Waals surface area contributed by atoms with E-state index in [1.807, 2.05) is 52.0 Å². The van der Waals surface area contributed by atoms with Gasteiger partial charge in [-0.25, -0.2) is 0 Å². The minimum absolute atomic E-state index is 0.00846. The molecule has 1 aliphatic rings. The van der Waals surface area contributed by atoms with Gasteiger partial charge in [-0.2, -0.15) is 0 Å². The van der Waals surface area contributed by atoms with Gasteiger partial charge in [-0.05, 0) is 50.7 Å². The lowest BCUT2D eigenvalue weighted by Gasteiger charge is -2.32. The van der Waals surface area contributed by atoms with Crippen LogP contribution in [-0.4, -0.2) is 22.9 Å². The van der Waals surface area contributed by atoms with Crippen LogP contribution in [0.25, 0.3) is 10.8 Å². The minimum Gasteiger partial charge on any atom is -0.399 e. The molecule has 1 aromatic carbocycles. The quantitative estimate of drug-likeness (QED) is 0.751. The molecule has 0 unspecified atom stereocenters. The number of nitrogens with zero attached hydrogens (tertiary/aromatic N) is 1. The zero-order valence-corrected chi connectivity index (χ0v) is 13.1. The van der Waals surface area contributed by atoms with Crippen LogP contribution in [0.1, 0.15) is 27.7 Å². The van der Waals surface area contributed by atoms with E-state index in [1.165, 1.54) is 0 Å². The Morgan fingerprint density at radius 1 is 1.00 bits per heavy atom. The largest absolute Gasteiger partial charge is 0.495 e. The van der Waals surface area contributed by atoms with Gasteiger partial charge in [0, 0.05) is 18.6 Å². The Balaban J connectivity index is 2.15. The Kier molecular flexibility index (Phi) is 3.04. The normalized spacial score (nSPS) is 20.1. The first-order valence-electron chi connectivity index (χ1n) is 7.17. The molecule has 5 heteroatoms. The first-order valence-corrected chi connectivity index (χ1v) is 7.17. The number of aromatic nitrogens is 1. The maximum Gasteiger partial charge on any atom is 0.495 e. The minimum atomic E-state index is -0.453. The van der Waals surface area contributed by atoms with Crippen molar-refractivity contribution < 1.29 is 9.31 Å². The smallest absolute Gasteiger partial charge is 0.399 e. The summed E-state index contributed by atoms with van der Waals surface area (Å²) in [7, 11) is 1.30. The maximum absolute atomic E-state index is 12.2. The van der Waals surface area contributed by atoms with Crippen molar-refractivity contribution in [2.45, 2.75) is 38.9 Å². The van der Waals surface area contributed by atoms with Gasteiger partial charge in [-0.1, -0.05) is 12.1 Å². The van der Waals surface area contributed by atoms with Crippen LogP contribution in [0.4, 0.5) is 0 Å². The van der Waals surface area contributed by atoms with Crippen LogP contribution >= 0.6 is 0 Å². The Morgan fingerprint density at radius 2 is 1.62 bits per heavy atom. The molecule has 0 aliphatic carbocycles. The van der Waals surface area contributed by atoms with Crippen molar-refractivity contribution in [1.29, 1.82) is 0 Å². The molecule has 2 heterocycles. The molecular formula is C16H20BNO3. The van der Waals surface area contributed by atoms with E-state index < -0.39 is 7.12 Å². The summed E-state index contributed by atoms with van der Waals surface area (Å²) in [6, 6.07) is 7.62. The van der Waals surface area contributed by atoms with Crippen LogP contribution < -0.4 is 11.0 Å². The van der Waals surface area contributed by atoms with E-state index in [9.17, 15) is 4.79 Å². The molecule has 0 amide bonds. The van der Waals surface area contributed by atoms with Crippen molar-refractivity contribution in [3.63, 3.8) is 0 Å². The van der Waals surface area contributed by atoms with Crippen molar-refractivity contribution in [1.82, 2.24) is 4.57 Å². The van der Waals surface area contributed by atoms with Crippen molar-refractivity contribution in [2.24, 2.45) is 7.05 Å². The van der Waals surface area contributed by atoms with Gasteiger partial charge in [0.05, 0.1) is 11.2 Å². The second kappa shape index (κ2) is 4.45. The van der Waals surface area contributed by atoms with Gasteiger partial charge in [-0.3, -0.25) is 4.79 Å². The summed E-state index contributed by atoms with van der Waals surface area (Å²) in [6.07, 6.45) is 1.78. The average Bonchev–Trinajstić information content (AvgIpc) is 2.62. The molecule has 0 radical (unpaired) electrons. The van der Waals surface area contributed by atoms with Crippen LogP contribution in [0.2, 0.25) is 0 Å². The van der Waals surface area contributed by atoms with Gasteiger partial charge < -0.3 is 13.9 Å². The van der Waals surface area contributed by atoms with Crippen LogP contribution in [0.3, 0.4) is 0 Å². The molecule has 4 nitrogen and oxygen atoms in total. The average molecular weight is 285 g/mol. The molecule has 1 aliphatic heterocycles. The third-order valence-corrected chi connectivity index (χ3v) is 4.66. The van der Waals surface area contributed by atoms with E-state index in [-0.39, 0.29) is 16.8 Å². The number of aryl methyl sites for hydroxylation is 1. The monoisotopic (exact) mass is 285 g/mol. The van der Waals surface area contributed by atoms with E-state index in [0.717, 1.165) is 10.8 Å². The first-order chi connectivity index (χ1) is 9.73. The molecule has 0 spiro atoms. The van der Waals surface area contributed by atoms with E-state index in [1.54, 1.807) is 17.8 Å². The number of fused-ring (bicyclic) bond motifs is 1. The van der Waals surface area contributed by atoms with Crippen molar-refractivity contribution >= 4 is 23.4 Å². The topological polar surface area (TPSA) is 40.5 Å². The molecule has 0 atom stereocenters. The summed E-state index contributed by atoms with van der Waals surface area (Å²) in [5.74, 6) is 0. The highest BCUT2D eigenvalue weighted by Crippen LogP contribution is 2.36. The van der Waals surface area contributed by atoms with Crippen molar-refractivity contribution in [2.75, 3.05) is 0 Å². The SMILES string of the molecule is Cn1ccc2c(B3OC(C)(C)C(C)(C)O3)cccc2c1=O. The number of hydrogen-bond donors (Lipinski definition) is 0. The number of pyridine rings is 1. The fourth-order valence-corrected chi connectivity index (χ4v) is 2.58. The molecule has 110 valence electrons. The van der Waals surface area contributed by atoms with Gasteiger partial charge in [0.2, 0.25) is 0 Å².